The van der Waals surface area contributed by atoms with Gasteiger partial charge in [-0.25, -0.2) is 4.79 Å². The molecule has 0 aliphatic carbocycles. The van der Waals surface area contributed by atoms with Crippen LogP contribution in [0.2, 0.25) is 0 Å². The van der Waals surface area contributed by atoms with Gasteiger partial charge in [0.05, 0.1) is 12.0 Å². The first-order valence-electron chi connectivity index (χ1n) is 9.09. The quantitative estimate of drug-likeness (QED) is 0.749. The Kier molecular flexibility index (Phi) is 5.89. The second kappa shape index (κ2) is 8.52. The zero-order valence-corrected chi connectivity index (χ0v) is 15.4. The Balaban J connectivity index is 1.78. The maximum absolute atomic E-state index is 12.6. The monoisotopic (exact) mass is 379 g/mol. The van der Waals surface area contributed by atoms with E-state index in [0.717, 1.165) is 5.56 Å². The summed E-state index contributed by atoms with van der Waals surface area (Å²) in [5, 5.41) is 13.1. The number of amides is 1. The van der Waals surface area contributed by atoms with E-state index in [2.05, 4.69) is 5.32 Å². The summed E-state index contributed by atoms with van der Waals surface area (Å²) < 4.78 is 5.23. The first kappa shape index (κ1) is 19.4. The first-order chi connectivity index (χ1) is 13.5. The molecule has 1 aliphatic rings. The van der Waals surface area contributed by atoms with Crippen molar-refractivity contribution in [1.29, 1.82) is 0 Å². The Bertz CT molecular complexity index is 905. The number of hydrogen-bond donors (Lipinski definition) is 2. The Labute approximate surface area is 162 Å². The molecule has 2 aromatic carbocycles. The van der Waals surface area contributed by atoms with Gasteiger partial charge in [-0.15, -0.1) is 0 Å². The highest BCUT2D eigenvalue weighted by Gasteiger charge is 2.40. The second-order valence-corrected chi connectivity index (χ2v) is 6.51. The zero-order chi connectivity index (χ0) is 20.1. The van der Waals surface area contributed by atoms with Gasteiger partial charge in [0.15, 0.2) is 11.9 Å². The van der Waals surface area contributed by atoms with Crippen LogP contribution in [-0.4, -0.2) is 28.9 Å². The number of carbonyl (C=O) groups excluding carboxylic acids is 3. The molecule has 0 aromatic heterocycles. The van der Waals surface area contributed by atoms with Gasteiger partial charge in [0.1, 0.15) is 0 Å². The van der Waals surface area contributed by atoms with E-state index in [9.17, 15) is 19.5 Å². The summed E-state index contributed by atoms with van der Waals surface area (Å²) in [4.78, 5) is 37.3. The van der Waals surface area contributed by atoms with Gasteiger partial charge in [0, 0.05) is 11.6 Å². The number of aliphatic hydroxyl groups excluding tert-OH is 1. The number of Topliss-reactive ketones (excluding diaryl/α,β-unsaturated/α-hetero) is 1. The number of carbonyl (C=O) groups is 3. The summed E-state index contributed by atoms with van der Waals surface area (Å²) in [6.45, 7) is 1.86. The number of aliphatic hydroxyl groups is 1. The summed E-state index contributed by atoms with van der Waals surface area (Å²) in [7, 11) is 0. The molecular weight excluding hydrogens is 358 g/mol. The lowest BCUT2D eigenvalue weighted by molar-refractivity contribution is -0.155. The van der Waals surface area contributed by atoms with E-state index in [1.807, 2.05) is 43.3 Å². The minimum absolute atomic E-state index is 0.0570. The van der Waals surface area contributed by atoms with E-state index in [1.54, 1.807) is 24.3 Å². The lowest BCUT2D eigenvalue weighted by Crippen LogP contribution is -2.39. The molecule has 144 valence electrons. The molecule has 0 saturated heterocycles. The molecule has 28 heavy (non-hydrogen) atoms. The van der Waals surface area contributed by atoms with Crippen LogP contribution in [0.25, 0.3) is 0 Å². The molecule has 0 spiro atoms. The van der Waals surface area contributed by atoms with Crippen molar-refractivity contribution in [2.75, 3.05) is 5.32 Å². The van der Waals surface area contributed by atoms with Gasteiger partial charge in [0.25, 0.3) is 0 Å². The number of anilines is 1. The van der Waals surface area contributed by atoms with Crippen molar-refractivity contribution in [2.24, 2.45) is 0 Å². The lowest BCUT2D eigenvalue weighted by atomic mass is 9.85. The minimum Gasteiger partial charge on any atom is -0.504 e. The van der Waals surface area contributed by atoms with E-state index < -0.39 is 35.4 Å². The average Bonchev–Trinajstić information content (AvgIpc) is 2.70. The standard InChI is InChI=1S/C22H21NO5/c1-2-16(14-9-5-3-6-10-14)19-21(26)20(25)17(28-22(19)27)13-18(24)23-15-11-7-4-8-12-15/h3-12,16-17,26H,2,13H2,1H3,(H,23,24). The third-order valence-corrected chi connectivity index (χ3v) is 4.64. The fraction of sp³-hybridized carbons (Fsp3) is 0.227. The van der Waals surface area contributed by atoms with Gasteiger partial charge in [-0.05, 0) is 24.1 Å². The molecule has 1 heterocycles. The van der Waals surface area contributed by atoms with Crippen molar-refractivity contribution in [3.8, 4) is 0 Å². The Morgan fingerprint density at radius 2 is 1.68 bits per heavy atom. The topological polar surface area (TPSA) is 92.7 Å². The van der Waals surface area contributed by atoms with Crippen LogP contribution in [0.5, 0.6) is 0 Å². The summed E-state index contributed by atoms with van der Waals surface area (Å²) in [5.41, 5.74) is 1.31. The number of ketones is 1. The van der Waals surface area contributed by atoms with Crippen LogP contribution in [-0.2, 0) is 19.1 Å². The Hall–Kier alpha value is -3.41. The molecule has 1 aliphatic heterocycles. The van der Waals surface area contributed by atoms with Crippen LogP contribution in [0, 0.1) is 0 Å². The van der Waals surface area contributed by atoms with Crippen LogP contribution in [0.15, 0.2) is 72.0 Å². The van der Waals surface area contributed by atoms with Gasteiger partial charge >= 0.3 is 5.97 Å². The van der Waals surface area contributed by atoms with Crippen molar-refractivity contribution in [1.82, 2.24) is 0 Å². The van der Waals surface area contributed by atoms with Crippen molar-refractivity contribution >= 4 is 23.3 Å². The average molecular weight is 379 g/mol. The first-order valence-corrected chi connectivity index (χ1v) is 9.09. The van der Waals surface area contributed by atoms with Crippen LogP contribution >= 0.6 is 0 Å². The van der Waals surface area contributed by atoms with Crippen molar-refractivity contribution in [2.45, 2.75) is 31.8 Å². The molecule has 0 saturated carbocycles. The number of nitrogens with one attached hydrogen (secondary N) is 1. The van der Waals surface area contributed by atoms with Gasteiger partial charge < -0.3 is 15.2 Å². The third-order valence-electron chi connectivity index (χ3n) is 4.64. The lowest BCUT2D eigenvalue weighted by Gasteiger charge is -2.27. The zero-order valence-electron chi connectivity index (χ0n) is 15.4. The molecule has 2 unspecified atom stereocenters. The van der Waals surface area contributed by atoms with Gasteiger partial charge in [-0.3, -0.25) is 9.59 Å². The van der Waals surface area contributed by atoms with E-state index in [-0.39, 0.29) is 12.0 Å². The van der Waals surface area contributed by atoms with E-state index in [0.29, 0.717) is 12.1 Å². The van der Waals surface area contributed by atoms with Gasteiger partial charge in [0.2, 0.25) is 11.7 Å². The summed E-state index contributed by atoms with van der Waals surface area (Å²) in [6.07, 6.45) is -1.20. The third kappa shape index (κ3) is 4.11. The molecule has 1 amide bonds. The number of rotatable bonds is 6. The molecule has 0 radical (unpaired) electrons. The van der Waals surface area contributed by atoms with Crippen molar-refractivity contribution in [3.63, 3.8) is 0 Å². The highest BCUT2D eigenvalue weighted by Crippen LogP contribution is 2.34. The molecule has 0 fully saturated rings. The molecule has 6 nitrogen and oxygen atoms in total. The summed E-state index contributed by atoms with van der Waals surface area (Å²) in [6, 6.07) is 17.9. The minimum atomic E-state index is -1.34. The largest absolute Gasteiger partial charge is 0.504 e. The second-order valence-electron chi connectivity index (χ2n) is 6.51. The van der Waals surface area contributed by atoms with Crippen LogP contribution in [0.1, 0.15) is 31.2 Å². The SMILES string of the molecule is CCC(C1=C(O)C(=O)C(CC(=O)Nc2ccccc2)OC1=O)c1ccccc1. The predicted octanol–water partition coefficient (Wildman–Crippen LogP) is 3.52. The molecule has 2 atom stereocenters. The normalized spacial score (nSPS) is 17.8. The van der Waals surface area contributed by atoms with E-state index >= 15 is 0 Å². The smallest absolute Gasteiger partial charge is 0.339 e. The van der Waals surface area contributed by atoms with Gasteiger partial charge in [-0.2, -0.15) is 0 Å². The van der Waals surface area contributed by atoms with Crippen molar-refractivity contribution in [3.05, 3.63) is 77.6 Å². The van der Waals surface area contributed by atoms with Gasteiger partial charge in [-0.1, -0.05) is 55.5 Å². The molecule has 2 N–H and O–H groups in total. The van der Waals surface area contributed by atoms with Crippen molar-refractivity contribution < 1.29 is 24.2 Å². The maximum atomic E-state index is 12.6. The Morgan fingerprint density at radius 3 is 2.29 bits per heavy atom. The number of esters is 1. The van der Waals surface area contributed by atoms with E-state index in [1.165, 1.54) is 0 Å². The van der Waals surface area contributed by atoms with Crippen LogP contribution in [0.4, 0.5) is 5.69 Å². The number of hydrogen-bond acceptors (Lipinski definition) is 5. The highest BCUT2D eigenvalue weighted by atomic mass is 16.6. The molecular formula is C22H21NO5. The maximum Gasteiger partial charge on any atom is 0.339 e. The number of benzene rings is 2. The summed E-state index contributed by atoms with van der Waals surface area (Å²) >= 11 is 0. The fourth-order valence-electron chi connectivity index (χ4n) is 3.26. The number of cyclic esters (lactones) is 1. The molecule has 3 rings (SSSR count). The number of para-hydroxylation sites is 1. The van der Waals surface area contributed by atoms with Crippen LogP contribution in [0.3, 0.4) is 0 Å². The molecule has 0 bridgehead atoms. The summed E-state index contributed by atoms with van der Waals surface area (Å²) in [5.74, 6) is -3.09. The predicted molar refractivity (Wildman–Crippen MR) is 104 cm³/mol. The molecule has 6 heteroatoms. The Morgan fingerprint density at radius 1 is 1.07 bits per heavy atom. The van der Waals surface area contributed by atoms with E-state index in [4.69, 9.17) is 4.74 Å². The highest BCUT2D eigenvalue weighted by molar-refractivity contribution is 6.10. The molecule has 2 aromatic rings. The fourth-order valence-corrected chi connectivity index (χ4v) is 3.26. The number of ether oxygens (including phenoxy) is 1. The van der Waals surface area contributed by atoms with Crippen LogP contribution < -0.4 is 5.32 Å².